The molecular formula is C13H16N2. The zero-order valence-electron chi connectivity index (χ0n) is 9.27. The molecule has 0 aliphatic carbocycles. The normalized spacial score (nSPS) is 10.5. The Balaban J connectivity index is 2.49. The van der Waals surface area contributed by atoms with Crippen LogP contribution in [0.4, 0.5) is 0 Å². The summed E-state index contributed by atoms with van der Waals surface area (Å²) in [6.45, 7) is 5.24. The maximum absolute atomic E-state index is 4.40. The summed E-state index contributed by atoms with van der Waals surface area (Å²) >= 11 is 0. The van der Waals surface area contributed by atoms with Gasteiger partial charge in [0.1, 0.15) is 0 Å². The highest BCUT2D eigenvalue weighted by Gasteiger charge is 2.08. The van der Waals surface area contributed by atoms with Crippen molar-refractivity contribution in [2.45, 2.75) is 26.8 Å². The highest BCUT2D eigenvalue weighted by atomic mass is 15.3. The van der Waals surface area contributed by atoms with E-state index in [0.29, 0.717) is 0 Å². The van der Waals surface area contributed by atoms with Gasteiger partial charge in [-0.15, -0.1) is 0 Å². The Hall–Kier alpha value is -1.57. The van der Waals surface area contributed by atoms with E-state index >= 15 is 0 Å². The molecule has 0 N–H and O–H groups in total. The summed E-state index contributed by atoms with van der Waals surface area (Å²) in [7, 11) is 0. The van der Waals surface area contributed by atoms with Crippen LogP contribution in [0.2, 0.25) is 0 Å². The Morgan fingerprint density at radius 2 is 1.87 bits per heavy atom. The van der Waals surface area contributed by atoms with Crippen LogP contribution in [0, 0.1) is 0 Å². The minimum absolute atomic E-state index is 0.940. The fourth-order valence-electron chi connectivity index (χ4n) is 1.92. The largest absolute Gasteiger partial charge is 0.269 e. The second-order valence-electron chi connectivity index (χ2n) is 3.54. The summed E-state index contributed by atoms with van der Waals surface area (Å²) < 4.78 is 2.07. The first-order valence-electron chi connectivity index (χ1n) is 5.47. The fourth-order valence-corrected chi connectivity index (χ4v) is 1.92. The Bertz CT molecular complexity index is 429. The molecule has 0 radical (unpaired) electrons. The number of benzene rings is 1. The van der Waals surface area contributed by atoms with Crippen LogP contribution >= 0.6 is 0 Å². The van der Waals surface area contributed by atoms with E-state index in [2.05, 4.69) is 47.9 Å². The van der Waals surface area contributed by atoms with Gasteiger partial charge in [-0.1, -0.05) is 37.3 Å². The third-order valence-corrected chi connectivity index (χ3v) is 2.67. The molecule has 0 spiro atoms. The average Bonchev–Trinajstić information content (AvgIpc) is 2.72. The molecule has 2 aromatic rings. The fraction of sp³-hybridized carbons (Fsp3) is 0.308. The van der Waals surface area contributed by atoms with Crippen molar-refractivity contribution < 1.29 is 0 Å². The Morgan fingerprint density at radius 3 is 2.47 bits per heavy atom. The van der Waals surface area contributed by atoms with Crippen molar-refractivity contribution in [2.24, 2.45) is 0 Å². The lowest BCUT2D eigenvalue weighted by Gasteiger charge is -2.05. The van der Waals surface area contributed by atoms with Crippen LogP contribution < -0.4 is 0 Å². The van der Waals surface area contributed by atoms with E-state index < -0.39 is 0 Å². The maximum Gasteiger partial charge on any atom is 0.0571 e. The molecule has 2 rings (SSSR count). The molecule has 78 valence electrons. The van der Waals surface area contributed by atoms with Gasteiger partial charge in [-0.3, -0.25) is 4.68 Å². The first-order valence-corrected chi connectivity index (χ1v) is 5.47. The standard InChI is InChI=1S/C13H16N2/c1-3-13-12(10-14-15(13)4-2)11-8-6-5-7-9-11/h5-10H,3-4H2,1-2H3. The highest BCUT2D eigenvalue weighted by Crippen LogP contribution is 2.23. The summed E-state index contributed by atoms with van der Waals surface area (Å²) in [5.74, 6) is 0. The van der Waals surface area contributed by atoms with E-state index in [0.717, 1.165) is 13.0 Å². The molecule has 2 heteroatoms. The van der Waals surface area contributed by atoms with Crippen molar-refractivity contribution in [3.8, 4) is 11.1 Å². The summed E-state index contributed by atoms with van der Waals surface area (Å²) in [4.78, 5) is 0. The SMILES string of the molecule is CCc1c(-c2ccccc2)cnn1CC. The first-order chi connectivity index (χ1) is 7.36. The van der Waals surface area contributed by atoms with E-state index in [1.165, 1.54) is 16.8 Å². The van der Waals surface area contributed by atoms with E-state index in [1.807, 2.05) is 12.3 Å². The summed E-state index contributed by atoms with van der Waals surface area (Å²) in [5, 5.41) is 4.40. The molecule has 0 aliphatic heterocycles. The molecule has 0 bridgehead atoms. The van der Waals surface area contributed by atoms with Crippen molar-refractivity contribution in [1.29, 1.82) is 0 Å². The molecule has 0 saturated heterocycles. The van der Waals surface area contributed by atoms with Crippen LogP contribution in [0.15, 0.2) is 36.5 Å². The van der Waals surface area contributed by atoms with Crippen molar-refractivity contribution in [2.75, 3.05) is 0 Å². The van der Waals surface area contributed by atoms with Gasteiger partial charge in [0, 0.05) is 17.8 Å². The van der Waals surface area contributed by atoms with Crippen LogP contribution in [0.1, 0.15) is 19.5 Å². The Morgan fingerprint density at radius 1 is 1.13 bits per heavy atom. The van der Waals surface area contributed by atoms with Crippen LogP contribution in [-0.4, -0.2) is 9.78 Å². The van der Waals surface area contributed by atoms with Gasteiger partial charge in [0.2, 0.25) is 0 Å². The molecule has 1 aromatic carbocycles. The molecule has 0 unspecified atom stereocenters. The predicted octanol–water partition coefficient (Wildman–Crippen LogP) is 3.13. The van der Waals surface area contributed by atoms with Crippen molar-refractivity contribution in [3.05, 3.63) is 42.2 Å². The monoisotopic (exact) mass is 200 g/mol. The second kappa shape index (κ2) is 4.30. The Kier molecular flexibility index (Phi) is 2.86. The maximum atomic E-state index is 4.40. The van der Waals surface area contributed by atoms with Gasteiger partial charge in [0.15, 0.2) is 0 Å². The van der Waals surface area contributed by atoms with Gasteiger partial charge >= 0.3 is 0 Å². The zero-order valence-corrected chi connectivity index (χ0v) is 9.27. The van der Waals surface area contributed by atoms with Gasteiger partial charge in [-0.05, 0) is 18.9 Å². The van der Waals surface area contributed by atoms with Crippen LogP contribution in [-0.2, 0) is 13.0 Å². The molecule has 0 saturated carbocycles. The summed E-state index contributed by atoms with van der Waals surface area (Å²) in [5.41, 5.74) is 3.85. The number of rotatable bonds is 3. The van der Waals surface area contributed by atoms with Gasteiger partial charge in [-0.25, -0.2) is 0 Å². The van der Waals surface area contributed by atoms with E-state index in [1.54, 1.807) is 0 Å². The molecule has 15 heavy (non-hydrogen) atoms. The molecule has 0 amide bonds. The minimum Gasteiger partial charge on any atom is -0.269 e. The van der Waals surface area contributed by atoms with E-state index in [9.17, 15) is 0 Å². The molecule has 0 fully saturated rings. The van der Waals surface area contributed by atoms with Crippen molar-refractivity contribution in [3.63, 3.8) is 0 Å². The van der Waals surface area contributed by atoms with Gasteiger partial charge in [0.25, 0.3) is 0 Å². The zero-order chi connectivity index (χ0) is 10.7. The number of aryl methyl sites for hydroxylation is 1. The van der Waals surface area contributed by atoms with Crippen LogP contribution in [0.3, 0.4) is 0 Å². The highest BCUT2D eigenvalue weighted by molar-refractivity contribution is 5.65. The number of hydrogen-bond acceptors (Lipinski definition) is 1. The number of aromatic nitrogens is 2. The third-order valence-electron chi connectivity index (χ3n) is 2.67. The van der Waals surface area contributed by atoms with Crippen molar-refractivity contribution in [1.82, 2.24) is 9.78 Å². The van der Waals surface area contributed by atoms with E-state index in [-0.39, 0.29) is 0 Å². The quantitative estimate of drug-likeness (QED) is 0.744. The number of nitrogens with zero attached hydrogens (tertiary/aromatic N) is 2. The lowest BCUT2D eigenvalue weighted by Crippen LogP contribution is -2.01. The molecule has 0 aliphatic rings. The van der Waals surface area contributed by atoms with Crippen LogP contribution in [0.25, 0.3) is 11.1 Å². The lowest BCUT2D eigenvalue weighted by molar-refractivity contribution is 0.626. The smallest absolute Gasteiger partial charge is 0.0571 e. The Labute approximate surface area is 90.6 Å². The van der Waals surface area contributed by atoms with Crippen LogP contribution in [0.5, 0.6) is 0 Å². The average molecular weight is 200 g/mol. The first kappa shape index (κ1) is 9.97. The molecule has 0 atom stereocenters. The van der Waals surface area contributed by atoms with Crippen molar-refractivity contribution >= 4 is 0 Å². The lowest BCUT2D eigenvalue weighted by atomic mass is 10.1. The van der Waals surface area contributed by atoms with Gasteiger partial charge in [0.05, 0.1) is 6.20 Å². The second-order valence-corrected chi connectivity index (χ2v) is 3.54. The molecule has 1 heterocycles. The molecular weight excluding hydrogens is 184 g/mol. The molecule has 1 aromatic heterocycles. The third kappa shape index (κ3) is 1.80. The summed E-state index contributed by atoms with van der Waals surface area (Å²) in [6, 6.07) is 10.4. The topological polar surface area (TPSA) is 17.8 Å². The van der Waals surface area contributed by atoms with Gasteiger partial charge < -0.3 is 0 Å². The minimum atomic E-state index is 0.940. The van der Waals surface area contributed by atoms with Gasteiger partial charge in [-0.2, -0.15) is 5.10 Å². The molecule has 2 nitrogen and oxygen atoms in total. The van der Waals surface area contributed by atoms with E-state index in [4.69, 9.17) is 0 Å². The summed E-state index contributed by atoms with van der Waals surface area (Å²) in [6.07, 6.45) is 3.00. The predicted molar refractivity (Wildman–Crippen MR) is 62.7 cm³/mol. The number of hydrogen-bond donors (Lipinski definition) is 0.